The molecule has 112 valence electrons. The van der Waals surface area contributed by atoms with E-state index in [2.05, 4.69) is 63.2 Å². The maximum Gasteiger partial charge on any atom is 0.136 e. The minimum atomic E-state index is -0.122. The van der Waals surface area contributed by atoms with Gasteiger partial charge in [-0.05, 0) is 41.8 Å². The summed E-state index contributed by atoms with van der Waals surface area (Å²) in [6.07, 6.45) is 1.91. The Morgan fingerprint density at radius 1 is 0.913 bits per heavy atom. The third kappa shape index (κ3) is 1.46. The van der Waals surface area contributed by atoms with E-state index < -0.39 is 0 Å². The van der Waals surface area contributed by atoms with E-state index in [1.807, 2.05) is 6.20 Å². The maximum absolute atomic E-state index is 6.12. The van der Waals surface area contributed by atoms with E-state index in [1.165, 1.54) is 33.0 Å². The number of aryl methyl sites for hydroxylation is 1. The van der Waals surface area contributed by atoms with E-state index in [9.17, 15) is 0 Å². The average molecular weight is 299 g/mol. The van der Waals surface area contributed by atoms with Gasteiger partial charge in [-0.2, -0.15) is 0 Å². The summed E-state index contributed by atoms with van der Waals surface area (Å²) in [6.45, 7) is 6.77. The SMILES string of the molecule is Cc1ccnc2c1C(C)(C)c1cccc3oc4cccc-2c4c13. The van der Waals surface area contributed by atoms with Crippen molar-refractivity contribution in [1.29, 1.82) is 0 Å². The number of furan rings is 1. The van der Waals surface area contributed by atoms with Crippen molar-refractivity contribution in [1.82, 2.24) is 4.98 Å². The Hall–Kier alpha value is -2.61. The van der Waals surface area contributed by atoms with Crippen LogP contribution in [0.25, 0.3) is 33.2 Å². The minimum Gasteiger partial charge on any atom is -0.456 e. The smallest absolute Gasteiger partial charge is 0.136 e. The van der Waals surface area contributed by atoms with Crippen molar-refractivity contribution in [2.24, 2.45) is 0 Å². The summed E-state index contributed by atoms with van der Waals surface area (Å²) in [7, 11) is 0. The lowest BCUT2D eigenvalue weighted by atomic mass is 9.75. The molecule has 0 radical (unpaired) electrons. The highest BCUT2D eigenvalue weighted by Crippen LogP contribution is 2.49. The first-order valence-corrected chi connectivity index (χ1v) is 8.00. The first-order valence-electron chi connectivity index (χ1n) is 8.00. The van der Waals surface area contributed by atoms with E-state index in [1.54, 1.807) is 0 Å². The summed E-state index contributed by atoms with van der Waals surface area (Å²) in [5.74, 6) is 0. The first-order chi connectivity index (χ1) is 11.1. The van der Waals surface area contributed by atoms with Crippen molar-refractivity contribution >= 4 is 21.9 Å². The van der Waals surface area contributed by atoms with Crippen LogP contribution >= 0.6 is 0 Å². The van der Waals surface area contributed by atoms with Gasteiger partial charge in [0.25, 0.3) is 0 Å². The highest BCUT2D eigenvalue weighted by molar-refractivity contribution is 6.15. The van der Waals surface area contributed by atoms with Crippen LogP contribution in [-0.2, 0) is 5.41 Å². The Bertz CT molecular complexity index is 1100. The van der Waals surface area contributed by atoms with Crippen molar-refractivity contribution in [3.63, 3.8) is 0 Å². The second-order valence-corrected chi connectivity index (χ2v) is 6.94. The molecule has 5 rings (SSSR count). The van der Waals surface area contributed by atoms with Crippen molar-refractivity contribution in [3.05, 3.63) is 65.4 Å². The van der Waals surface area contributed by atoms with Crippen LogP contribution < -0.4 is 0 Å². The normalized spacial score (nSPS) is 15.1. The number of hydrogen-bond acceptors (Lipinski definition) is 2. The van der Waals surface area contributed by atoms with Gasteiger partial charge in [0.2, 0.25) is 0 Å². The Morgan fingerprint density at radius 3 is 2.48 bits per heavy atom. The first kappa shape index (κ1) is 12.9. The summed E-state index contributed by atoms with van der Waals surface area (Å²) in [5, 5.41) is 2.43. The molecule has 0 saturated heterocycles. The fraction of sp³-hybridized carbons (Fsp3) is 0.190. The summed E-state index contributed by atoms with van der Waals surface area (Å²) in [4.78, 5) is 4.77. The van der Waals surface area contributed by atoms with E-state index in [-0.39, 0.29) is 5.41 Å². The molecule has 0 amide bonds. The molecule has 0 saturated carbocycles. The molecule has 1 aliphatic carbocycles. The molecular formula is C21H17NO. The second-order valence-electron chi connectivity index (χ2n) is 6.94. The minimum absolute atomic E-state index is 0.122. The van der Waals surface area contributed by atoms with Gasteiger partial charge in [-0.3, -0.25) is 4.98 Å². The van der Waals surface area contributed by atoms with Crippen molar-refractivity contribution in [2.75, 3.05) is 0 Å². The van der Waals surface area contributed by atoms with Gasteiger partial charge in [-0.25, -0.2) is 0 Å². The lowest BCUT2D eigenvalue weighted by molar-refractivity contribution is 0.637. The van der Waals surface area contributed by atoms with Gasteiger partial charge in [-0.15, -0.1) is 0 Å². The zero-order chi connectivity index (χ0) is 15.8. The van der Waals surface area contributed by atoms with E-state index in [4.69, 9.17) is 9.40 Å². The number of fused-ring (bicyclic) bond motifs is 2. The van der Waals surface area contributed by atoms with Crippen molar-refractivity contribution in [2.45, 2.75) is 26.2 Å². The van der Waals surface area contributed by atoms with Crippen molar-refractivity contribution < 1.29 is 4.42 Å². The average Bonchev–Trinajstić information content (AvgIpc) is 2.88. The van der Waals surface area contributed by atoms with Gasteiger partial charge < -0.3 is 4.42 Å². The molecule has 0 N–H and O–H groups in total. The highest BCUT2D eigenvalue weighted by Gasteiger charge is 2.35. The molecule has 4 aromatic rings. The Morgan fingerprint density at radius 2 is 1.65 bits per heavy atom. The van der Waals surface area contributed by atoms with Crippen molar-refractivity contribution in [3.8, 4) is 11.3 Å². The molecular weight excluding hydrogens is 282 g/mol. The number of aromatic nitrogens is 1. The molecule has 2 aromatic carbocycles. The molecule has 2 heteroatoms. The fourth-order valence-electron chi connectivity index (χ4n) is 4.27. The molecule has 2 heterocycles. The Balaban J connectivity index is 2.15. The van der Waals surface area contributed by atoms with Gasteiger partial charge >= 0.3 is 0 Å². The highest BCUT2D eigenvalue weighted by atomic mass is 16.3. The summed E-state index contributed by atoms with van der Waals surface area (Å²) in [6, 6.07) is 14.8. The summed E-state index contributed by atoms with van der Waals surface area (Å²) >= 11 is 0. The van der Waals surface area contributed by atoms with Crippen LogP contribution in [0.1, 0.15) is 30.5 Å². The molecule has 0 spiro atoms. The summed E-state index contributed by atoms with van der Waals surface area (Å²) < 4.78 is 6.12. The third-order valence-electron chi connectivity index (χ3n) is 5.24. The standard InChI is InChI=1S/C21H17NO/c1-12-10-11-22-20-13-6-4-8-15-17(13)18-14(21(2,3)19(12)20)7-5-9-16(18)23-15/h4-11H,1-3H3. The van der Waals surface area contributed by atoms with E-state index in [0.29, 0.717) is 0 Å². The molecule has 2 nitrogen and oxygen atoms in total. The lowest BCUT2D eigenvalue weighted by Gasteiger charge is -2.29. The van der Waals surface area contributed by atoms with Crippen LogP contribution in [0.3, 0.4) is 0 Å². The fourth-order valence-corrected chi connectivity index (χ4v) is 4.27. The molecule has 0 atom stereocenters. The van der Waals surface area contributed by atoms with Crippen LogP contribution in [0.4, 0.5) is 0 Å². The second kappa shape index (κ2) is 4.02. The zero-order valence-electron chi connectivity index (χ0n) is 13.5. The van der Waals surface area contributed by atoms with Gasteiger partial charge in [0, 0.05) is 27.9 Å². The quantitative estimate of drug-likeness (QED) is 0.422. The predicted molar refractivity (Wildman–Crippen MR) is 93.8 cm³/mol. The molecule has 0 unspecified atom stereocenters. The van der Waals surface area contributed by atoms with Gasteiger partial charge in [0.15, 0.2) is 0 Å². The zero-order valence-corrected chi connectivity index (χ0v) is 13.5. The van der Waals surface area contributed by atoms with Crippen LogP contribution in [0.2, 0.25) is 0 Å². The van der Waals surface area contributed by atoms with Crippen LogP contribution in [0.15, 0.2) is 53.1 Å². The predicted octanol–water partition coefficient (Wildman–Crippen LogP) is 5.60. The topological polar surface area (TPSA) is 26.0 Å². The van der Waals surface area contributed by atoms with Gasteiger partial charge in [0.05, 0.1) is 5.69 Å². The van der Waals surface area contributed by atoms with Gasteiger partial charge in [-0.1, -0.05) is 38.1 Å². The molecule has 23 heavy (non-hydrogen) atoms. The number of pyridine rings is 1. The molecule has 0 aliphatic heterocycles. The van der Waals surface area contributed by atoms with E-state index >= 15 is 0 Å². The Labute approximate surface area is 134 Å². The Kier molecular flexibility index (Phi) is 2.25. The molecule has 1 aliphatic rings. The van der Waals surface area contributed by atoms with Crippen LogP contribution in [-0.4, -0.2) is 4.98 Å². The number of rotatable bonds is 0. The molecule has 2 aromatic heterocycles. The van der Waals surface area contributed by atoms with Gasteiger partial charge in [0.1, 0.15) is 11.2 Å². The van der Waals surface area contributed by atoms with Crippen LogP contribution in [0, 0.1) is 6.92 Å². The van der Waals surface area contributed by atoms with E-state index in [0.717, 1.165) is 16.9 Å². The number of benzene rings is 2. The van der Waals surface area contributed by atoms with Crippen LogP contribution in [0.5, 0.6) is 0 Å². The molecule has 0 fully saturated rings. The number of hydrogen-bond donors (Lipinski definition) is 0. The third-order valence-corrected chi connectivity index (χ3v) is 5.24. The lowest BCUT2D eigenvalue weighted by Crippen LogP contribution is -2.21. The molecule has 0 bridgehead atoms. The largest absolute Gasteiger partial charge is 0.456 e. The summed E-state index contributed by atoms with van der Waals surface area (Å²) in [5.41, 5.74) is 7.96. The number of nitrogens with zero attached hydrogens (tertiary/aromatic N) is 1. The monoisotopic (exact) mass is 299 g/mol. The maximum atomic E-state index is 6.12.